The highest BCUT2D eigenvalue weighted by molar-refractivity contribution is 6.55. The van der Waals surface area contributed by atoms with Crippen LogP contribution in [0.3, 0.4) is 0 Å². The van der Waals surface area contributed by atoms with Crippen molar-refractivity contribution in [2.75, 3.05) is 13.7 Å². The number of carbonyl (C=O) groups is 1. The molecule has 1 fully saturated rings. The second-order valence-corrected chi connectivity index (χ2v) is 6.77. The SMILES string of the molecule is COc1cc(C(=O)O)ccc1C=C(CN)B1OC(C)(C)C(C)(C)O1. The van der Waals surface area contributed by atoms with Gasteiger partial charge in [0.2, 0.25) is 0 Å². The van der Waals surface area contributed by atoms with E-state index in [0.29, 0.717) is 5.75 Å². The van der Waals surface area contributed by atoms with Gasteiger partial charge in [0.25, 0.3) is 0 Å². The molecule has 0 saturated carbocycles. The van der Waals surface area contributed by atoms with Crippen molar-refractivity contribution in [3.8, 4) is 5.75 Å². The van der Waals surface area contributed by atoms with Crippen LogP contribution in [0.2, 0.25) is 0 Å². The Labute approximate surface area is 142 Å². The zero-order valence-electron chi connectivity index (χ0n) is 14.8. The maximum Gasteiger partial charge on any atom is 0.491 e. The molecule has 0 unspecified atom stereocenters. The van der Waals surface area contributed by atoms with Gasteiger partial charge < -0.3 is 24.9 Å². The first-order valence-electron chi connectivity index (χ1n) is 7.79. The summed E-state index contributed by atoms with van der Waals surface area (Å²) in [6.45, 7) is 8.15. The first-order valence-corrected chi connectivity index (χ1v) is 7.79. The Morgan fingerprint density at radius 2 is 1.88 bits per heavy atom. The van der Waals surface area contributed by atoms with E-state index in [1.807, 2.05) is 33.8 Å². The summed E-state index contributed by atoms with van der Waals surface area (Å²) in [7, 11) is 0.943. The molecule has 0 aromatic heterocycles. The van der Waals surface area contributed by atoms with E-state index in [9.17, 15) is 4.79 Å². The molecule has 0 spiro atoms. The van der Waals surface area contributed by atoms with Crippen LogP contribution in [-0.4, -0.2) is 43.1 Å². The van der Waals surface area contributed by atoms with Crippen LogP contribution < -0.4 is 10.5 Å². The van der Waals surface area contributed by atoms with Gasteiger partial charge in [0, 0.05) is 12.1 Å². The molecule has 1 aliphatic heterocycles. The summed E-state index contributed by atoms with van der Waals surface area (Å²) in [4.78, 5) is 11.1. The molecule has 2 rings (SSSR count). The van der Waals surface area contributed by atoms with Crippen molar-refractivity contribution < 1.29 is 23.9 Å². The molecule has 7 heteroatoms. The summed E-state index contributed by atoms with van der Waals surface area (Å²) >= 11 is 0. The normalized spacial score (nSPS) is 19.4. The number of aromatic carboxylic acids is 1. The van der Waals surface area contributed by atoms with Crippen molar-refractivity contribution in [2.45, 2.75) is 38.9 Å². The highest BCUT2D eigenvalue weighted by atomic mass is 16.7. The number of hydrogen-bond acceptors (Lipinski definition) is 5. The minimum Gasteiger partial charge on any atom is -0.496 e. The van der Waals surface area contributed by atoms with E-state index in [1.165, 1.54) is 19.2 Å². The van der Waals surface area contributed by atoms with Crippen molar-refractivity contribution in [1.82, 2.24) is 0 Å². The molecule has 0 radical (unpaired) electrons. The van der Waals surface area contributed by atoms with E-state index in [0.717, 1.165) is 11.0 Å². The van der Waals surface area contributed by atoms with Crippen LogP contribution in [-0.2, 0) is 9.31 Å². The molecule has 3 N–H and O–H groups in total. The second-order valence-electron chi connectivity index (χ2n) is 6.77. The van der Waals surface area contributed by atoms with Crippen LogP contribution in [0.1, 0.15) is 43.6 Å². The van der Waals surface area contributed by atoms with E-state index < -0.39 is 24.3 Å². The fourth-order valence-corrected chi connectivity index (χ4v) is 2.38. The summed E-state index contributed by atoms with van der Waals surface area (Å²) in [6, 6.07) is 4.69. The predicted molar refractivity (Wildman–Crippen MR) is 93.1 cm³/mol. The number of carboxylic acids is 1. The molecule has 6 nitrogen and oxygen atoms in total. The number of hydrogen-bond donors (Lipinski definition) is 2. The lowest BCUT2D eigenvalue weighted by Crippen LogP contribution is -2.41. The third kappa shape index (κ3) is 3.48. The Hall–Kier alpha value is -1.83. The molecule has 24 heavy (non-hydrogen) atoms. The smallest absolute Gasteiger partial charge is 0.491 e. The monoisotopic (exact) mass is 333 g/mol. The highest BCUT2D eigenvalue weighted by Gasteiger charge is 2.52. The zero-order valence-corrected chi connectivity index (χ0v) is 14.8. The number of rotatable bonds is 5. The Balaban J connectivity index is 2.37. The molecule has 1 heterocycles. The molecule has 0 aliphatic carbocycles. The van der Waals surface area contributed by atoms with Crippen LogP contribution in [0.4, 0.5) is 0 Å². The molecule has 1 aromatic rings. The van der Waals surface area contributed by atoms with Crippen LogP contribution >= 0.6 is 0 Å². The maximum atomic E-state index is 11.1. The van der Waals surface area contributed by atoms with Crippen LogP contribution in [0.5, 0.6) is 5.75 Å². The Morgan fingerprint density at radius 1 is 1.29 bits per heavy atom. The standard InChI is InChI=1S/C17H24BNO5/c1-16(2)17(3,4)24-18(23-16)13(10-19)8-11-6-7-12(15(20)21)9-14(11)22-5/h6-9H,10,19H2,1-5H3,(H,20,21). The summed E-state index contributed by atoms with van der Waals surface area (Å²) in [6.07, 6.45) is 1.83. The minimum atomic E-state index is -1.01. The van der Waals surface area contributed by atoms with E-state index >= 15 is 0 Å². The van der Waals surface area contributed by atoms with E-state index in [4.69, 9.17) is 24.9 Å². The summed E-state index contributed by atoms with van der Waals surface area (Å²) < 4.78 is 17.3. The van der Waals surface area contributed by atoms with Gasteiger partial charge in [0.1, 0.15) is 5.75 Å². The Kier molecular flexibility index (Phi) is 5.08. The van der Waals surface area contributed by atoms with Crippen LogP contribution in [0.25, 0.3) is 6.08 Å². The molecule has 1 aromatic carbocycles. The highest BCUT2D eigenvalue weighted by Crippen LogP contribution is 2.39. The number of benzene rings is 1. The molecule has 1 aliphatic rings. The van der Waals surface area contributed by atoms with E-state index in [1.54, 1.807) is 6.07 Å². The molecule has 0 amide bonds. The fraction of sp³-hybridized carbons (Fsp3) is 0.471. The lowest BCUT2D eigenvalue weighted by Gasteiger charge is -2.32. The minimum absolute atomic E-state index is 0.161. The third-order valence-electron chi connectivity index (χ3n) is 4.61. The zero-order chi connectivity index (χ0) is 18.1. The average Bonchev–Trinajstić information content (AvgIpc) is 2.72. The van der Waals surface area contributed by atoms with Crippen molar-refractivity contribution in [2.24, 2.45) is 5.73 Å². The van der Waals surface area contributed by atoms with Gasteiger partial charge in [-0.2, -0.15) is 0 Å². The number of nitrogens with two attached hydrogens (primary N) is 1. The quantitative estimate of drug-likeness (QED) is 0.804. The molecular formula is C17H24BNO5. The van der Waals surface area contributed by atoms with E-state index in [-0.39, 0.29) is 12.1 Å². The van der Waals surface area contributed by atoms with Gasteiger partial charge in [0.05, 0.1) is 23.9 Å². The molecule has 0 atom stereocenters. The Bertz CT molecular complexity index is 653. The topological polar surface area (TPSA) is 91.0 Å². The number of methoxy groups -OCH3 is 1. The first-order chi connectivity index (χ1) is 11.1. The lowest BCUT2D eigenvalue weighted by atomic mass is 9.77. The van der Waals surface area contributed by atoms with Crippen molar-refractivity contribution in [3.63, 3.8) is 0 Å². The Morgan fingerprint density at radius 3 is 2.33 bits per heavy atom. The number of ether oxygens (including phenoxy) is 1. The van der Waals surface area contributed by atoms with Gasteiger partial charge in [-0.25, -0.2) is 4.79 Å². The second kappa shape index (κ2) is 6.59. The third-order valence-corrected chi connectivity index (χ3v) is 4.61. The van der Waals surface area contributed by atoms with Crippen molar-refractivity contribution in [3.05, 3.63) is 34.8 Å². The molecule has 0 bridgehead atoms. The van der Waals surface area contributed by atoms with Gasteiger partial charge in [0.15, 0.2) is 0 Å². The van der Waals surface area contributed by atoms with Gasteiger partial charge in [-0.05, 0) is 45.3 Å². The summed E-state index contributed by atoms with van der Waals surface area (Å²) in [5, 5.41) is 9.08. The predicted octanol–water partition coefficient (Wildman–Crippen LogP) is 2.37. The fourth-order valence-electron chi connectivity index (χ4n) is 2.38. The summed E-state index contributed by atoms with van der Waals surface area (Å²) in [5.74, 6) is -0.550. The lowest BCUT2D eigenvalue weighted by molar-refractivity contribution is 0.00578. The van der Waals surface area contributed by atoms with Gasteiger partial charge in [-0.3, -0.25) is 0 Å². The van der Waals surface area contributed by atoms with Crippen LogP contribution in [0, 0.1) is 0 Å². The van der Waals surface area contributed by atoms with Gasteiger partial charge in [-0.15, -0.1) is 0 Å². The average molecular weight is 333 g/mol. The first kappa shape index (κ1) is 18.5. The summed E-state index contributed by atoms with van der Waals surface area (Å²) in [5.41, 5.74) is 6.61. The molecule has 130 valence electrons. The van der Waals surface area contributed by atoms with Crippen molar-refractivity contribution >= 4 is 19.2 Å². The maximum absolute atomic E-state index is 11.1. The molecular weight excluding hydrogens is 309 g/mol. The van der Waals surface area contributed by atoms with Crippen LogP contribution in [0.15, 0.2) is 23.7 Å². The van der Waals surface area contributed by atoms with Gasteiger partial charge in [-0.1, -0.05) is 12.1 Å². The van der Waals surface area contributed by atoms with Crippen molar-refractivity contribution in [1.29, 1.82) is 0 Å². The molecule has 1 saturated heterocycles. The largest absolute Gasteiger partial charge is 0.496 e. The van der Waals surface area contributed by atoms with Gasteiger partial charge >= 0.3 is 13.1 Å². The number of carboxylic acid groups (broad SMARTS) is 1. The van der Waals surface area contributed by atoms with E-state index in [2.05, 4.69) is 0 Å².